The van der Waals surface area contributed by atoms with Gasteiger partial charge >= 0.3 is 0 Å². The van der Waals surface area contributed by atoms with Crippen LogP contribution in [0.15, 0.2) is 35.8 Å². The highest BCUT2D eigenvalue weighted by Gasteiger charge is 2.08. The third-order valence-electron chi connectivity index (χ3n) is 2.31. The molecule has 2 N–H and O–H groups in total. The third-order valence-corrected chi connectivity index (χ3v) is 3.17. The van der Waals surface area contributed by atoms with E-state index in [1.54, 1.807) is 5.38 Å². The normalized spacial score (nSPS) is 10.9. The Labute approximate surface area is 90.0 Å². The maximum absolute atomic E-state index is 9.21. The molecule has 74 valence electrons. The van der Waals surface area contributed by atoms with Gasteiger partial charge in [0, 0.05) is 22.7 Å². The number of aromatic amines is 1. The fourth-order valence-corrected chi connectivity index (χ4v) is 2.35. The van der Waals surface area contributed by atoms with Crippen LogP contribution in [-0.2, 0) is 0 Å². The Kier molecular flexibility index (Phi) is 1.76. The summed E-state index contributed by atoms with van der Waals surface area (Å²) in [5.41, 5.74) is 2.12. The van der Waals surface area contributed by atoms with Crippen molar-refractivity contribution >= 4 is 22.2 Å². The van der Waals surface area contributed by atoms with E-state index in [9.17, 15) is 5.11 Å². The second kappa shape index (κ2) is 3.10. The lowest BCUT2D eigenvalue weighted by molar-refractivity contribution is 0.458. The van der Waals surface area contributed by atoms with E-state index in [4.69, 9.17) is 0 Å². The van der Waals surface area contributed by atoms with Gasteiger partial charge < -0.3 is 10.1 Å². The Hall–Kier alpha value is -1.81. The van der Waals surface area contributed by atoms with Crippen molar-refractivity contribution in [2.24, 2.45) is 0 Å². The number of thiazole rings is 1. The lowest BCUT2D eigenvalue weighted by atomic mass is 10.2. The molecule has 0 radical (unpaired) electrons. The van der Waals surface area contributed by atoms with E-state index in [-0.39, 0.29) is 5.88 Å². The Morgan fingerprint density at radius 3 is 2.93 bits per heavy atom. The number of nitrogens with one attached hydrogen (secondary N) is 1. The van der Waals surface area contributed by atoms with Gasteiger partial charge in [0.25, 0.3) is 0 Å². The molecular formula is C11H8N2OS. The van der Waals surface area contributed by atoms with Crippen LogP contribution < -0.4 is 0 Å². The maximum atomic E-state index is 9.21. The molecule has 0 aliphatic carbocycles. The van der Waals surface area contributed by atoms with Gasteiger partial charge in [-0.1, -0.05) is 18.2 Å². The first-order chi connectivity index (χ1) is 7.34. The largest absolute Gasteiger partial charge is 0.493 e. The van der Waals surface area contributed by atoms with Gasteiger partial charge in [-0.2, -0.15) is 0 Å². The summed E-state index contributed by atoms with van der Waals surface area (Å²) in [7, 11) is 0. The average Bonchev–Trinajstić information content (AvgIpc) is 2.83. The van der Waals surface area contributed by atoms with E-state index in [2.05, 4.69) is 9.97 Å². The number of aromatic hydroxyl groups is 1. The van der Waals surface area contributed by atoms with Gasteiger partial charge in [-0.15, -0.1) is 11.3 Å². The van der Waals surface area contributed by atoms with Gasteiger partial charge in [0.1, 0.15) is 5.01 Å². The lowest BCUT2D eigenvalue weighted by Crippen LogP contribution is -1.72. The summed E-state index contributed by atoms with van der Waals surface area (Å²) in [4.78, 5) is 7.24. The Bertz CT molecular complexity index is 612. The van der Waals surface area contributed by atoms with Crippen molar-refractivity contribution in [3.63, 3.8) is 0 Å². The molecule has 0 aliphatic rings. The fraction of sp³-hybridized carbons (Fsp3) is 0. The standard InChI is InChI=1S/C11H8N2OS/c14-10-6-15-11(13-10)8-5-12-9-4-2-1-3-7(8)9/h1-6,12,14H. The van der Waals surface area contributed by atoms with Gasteiger partial charge in [0.05, 0.1) is 5.38 Å². The molecule has 0 bridgehead atoms. The number of hydrogen-bond acceptors (Lipinski definition) is 3. The summed E-state index contributed by atoms with van der Waals surface area (Å²) in [6.07, 6.45) is 1.92. The molecule has 0 saturated carbocycles. The van der Waals surface area contributed by atoms with Crippen molar-refractivity contribution in [2.75, 3.05) is 0 Å². The van der Waals surface area contributed by atoms with E-state index < -0.39 is 0 Å². The molecule has 0 amide bonds. The highest BCUT2D eigenvalue weighted by molar-refractivity contribution is 7.13. The van der Waals surface area contributed by atoms with E-state index in [0.717, 1.165) is 21.5 Å². The average molecular weight is 216 g/mol. The number of para-hydroxylation sites is 1. The molecule has 0 saturated heterocycles. The van der Waals surface area contributed by atoms with Crippen molar-refractivity contribution in [3.05, 3.63) is 35.8 Å². The second-order valence-corrected chi connectivity index (χ2v) is 4.12. The summed E-state index contributed by atoms with van der Waals surface area (Å²) in [6, 6.07) is 8.04. The molecule has 3 aromatic rings. The predicted molar refractivity (Wildman–Crippen MR) is 61.1 cm³/mol. The predicted octanol–water partition coefficient (Wildman–Crippen LogP) is 3.00. The minimum atomic E-state index is 0.0836. The summed E-state index contributed by atoms with van der Waals surface area (Å²) < 4.78 is 0. The van der Waals surface area contributed by atoms with Crippen LogP contribution >= 0.6 is 11.3 Å². The Morgan fingerprint density at radius 2 is 2.13 bits per heavy atom. The zero-order valence-corrected chi connectivity index (χ0v) is 8.58. The first-order valence-corrected chi connectivity index (χ1v) is 5.43. The number of nitrogens with zero attached hydrogens (tertiary/aromatic N) is 1. The van der Waals surface area contributed by atoms with Crippen LogP contribution in [0.5, 0.6) is 5.88 Å². The van der Waals surface area contributed by atoms with E-state index in [1.165, 1.54) is 11.3 Å². The molecule has 0 atom stereocenters. The van der Waals surface area contributed by atoms with Crippen LogP contribution in [0.4, 0.5) is 0 Å². The Morgan fingerprint density at radius 1 is 1.27 bits per heavy atom. The quantitative estimate of drug-likeness (QED) is 0.657. The molecule has 0 unspecified atom stereocenters. The van der Waals surface area contributed by atoms with Crippen LogP contribution in [-0.4, -0.2) is 15.1 Å². The van der Waals surface area contributed by atoms with E-state index >= 15 is 0 Å². The Balaban J connectivity index is 2.27. The molecule has 0 fully saturated rings. The summed E-state index contributed by atoms with van der Waals surface area (Å²) in [5, 5.41) is 12.8. The first-order valence-electron chi connectivity index (χ1n) is 4.55. The van der Waals surface area contributed by atoms with Gasteiger partial charge in [-0.25, -0.2) is 4.98 Å². The van der Waals surface area contributed by atoms with Crippen LogP contribution in [0.3, 0.4) is 0 Å². The second-order valence-electron chi connectivity index (χ2n) is 3.26. The van der Waals surface area contributed by atoms with Gasteiger partial charge in [0.15, 0.2) is 0 Å². The number of hydrogen-bond donors (Lipinski definition) is 2. The van der Waals surface area contributed by atoms with Gasteiger partial charge in [-0.3, -0.25) is 0 Å². The van der Waals surface area contributed by atoms with Crippen LogP contribution in [0.2, 0.25) is 0 Å². The zero-order chi connectivity index (χ0) is 10.3. The lowest BCUT2D eigenvalue weighted by Gasteiger charge is -1.92. The molecule has 0 spiro atoms. The summed E-state index contributed by atoms with van der Waals surface area (Å²) in [6.45, 7) is 0. The molecule has 3 rings (SSSR count). The van der Waals surface area contributed by atoms with Crippen molar-refractivity contribution < 1.29 is 5.11 Å². The number of rotatable bonds is 1. The molecule has 2 aromatic heterocycles. The number of benzene rings is 1. The fourth-order valence-electron chi connectivity index (χ4n) is 1.64. The molecule has 15 heavy (non-hydrogen) atoms. The number of H-pyrrole nitrogens is 1. The van der Waals surface area contributed by atoms with Gasteiger partial charge in [-0.05, 0) is 6.07 Å². The van der Waals surface area contributed by atoms with Crippen molar-refractivity contribution in [1.29, 1.82) is 0 Å². The molecule has 3 nitrogen and oxygen atoms in total. The monoisotopic (exact) mass is 216 g/mol. The zero-order valence-electron chi connectivity index (χ0n) is 7.77. The third kappa shape index (κ3) is 1.30. The smallest absolute Gasteiger partial charge is 0.222 e. The van der Waals surface area contributed by atoms with Crippen LogP contribution in [0, 0.1) is 0 Å². The van der Waals surface area contributed by atoms with Crippen molar-refractivity contribution in [1.82, 2.24) is 9.97 Å². The SMILES string of the molecule is Oc1csc(-c2c[nH]c3ccccc23)n1. The highest BCUT2D eigenvalue weighted by atomic mass is 32.1. The van der Waals surface area contributed by atoms with Crippen LogP contribution in [0.1, 0.15) is 0 Å². The van der Waals surface area contributed by atoms with Gasteiger partial charge in [0.2, 0.25) is 5.88 Å². The summed E-state index contributed by atoms with van der Waals surface area (Å²) in [5.74, 6) is 0.0836. The highest BCUT2D eigenvalue weighted by Crippen LogP contribution is 2.31. The van der Waals surface area contributed by atoms with Crippen molar-refractivity contribution in [2.45, 2.75) is 0 Å². The topological polar surface area (TPSA) is 48.9 Å². The number of aromatic nitrogens is 2. The minimum Gasteiger partial charge on any atom is -0.493 e. The maximum Gasteiger partial charge on any atom is 0.222 e. The molecule has 2 heterocycles. The minimum absolute atomic E-state index is 0.0836. The molecule has 1 aromatic carbocycles. The van der Waals surface area contributed by atoms with E-state index in [0.29, 0.717) is 0 Å². The van der Waals surface area contributed by atoms with Crippen LogP contribution in [0.25, 0.3) is 21.5 Å². The first kappa shape index (κ1) is 8.49. The van der Waals surface area contributed by atoms with E-state index in [1.807, 2.05) is 30.5 Å². The molecular weight excluding hydrogens is 208 g/mol. The molecule has 4 heteroatoms. The molecule has 0 aliphatic heterocycles. The summed E-state index contributed by atoms with van der Waals surface area (Å²) >= 11 is 1.44. The number of fused-ring (bicyclic) bond motifs is 1. The van der Waals surface area contributed by atoms with Crippen molar-refractivity contribution in [3.8, 4) is 16.5 Å².